The van der Waals surface area contributed by atoms with Crippen molar-refractivity contribution in [2.75, 3.05) is 13.1 Å². The van der Waals surface area contributed by atoms with E-state index in [0.717, 1.165) is 30.5 Å². The molecule has 2 aliphatic rings. The van der Waals surface area contributed by atoms with Crippen molar-refractivity contribution >= 4 is 18.3 Å². The number of carbonyl (C=O) groups excluding carboxylic acids is 1. The standard InChI is InChI=1S/C18H21FN4O.ClH/c1-23-11-12(8-21-23)15-9-20-10-16(15)17(24)22-18(6-7-18)13-2-4-14(19)5-3-13;/h2-5,8,11,15-16,20H,6-7,9-10H2,1H3,(H,22,24);1H/t15-,16+;/m1./s1. The van der Waals surface area contributed by atoms with Crippen molar-refractivity contribution < 1.29 is 9.18 Å². The second-order valence-electron chi connectivity index (χ2n) is 6.90. The zero-order valence-electron chi connectivity index (χ0n) is 14.0. The van der Waals surface area contributed by atoms with E-state index in [4.69, 9.17) is 0 Å². The third-order valence-electron chi connectivity index (χ3n) is 5.21. The minimum atomic E-state index is -0.313. The van der Waals surface area contributed by atoms with Crippen LogP contribution in [-0.4, -0.2) is 28.8 Å². The molecular weight excluding hydrogens is 343 g/mol. The summed E-state index contributed by atoms with van der Waals surface area (Å²) in [7, 11) is 1.88. The topological polar surface area (TPSA) is 59.0 Å². The summed E-state index contributed by atoms with van der Waals surface area (Å²) in [5, 5.41) is 10.8. The molecule has 2 heterocycles. The first-order chi connectivity index (χ1) is 11.6. The average molecular weight is 365 g/mol. The first-order valence-corrected chi connectivity index (χ1v) is 8.35. The Morgan fingerprint density at radius 3 is 2.64 bits per heavy atom. The molecule has 7 heteroatoms. The molecule has 1 aromatic heterocycles. The number of amides is 1. The van der Waals surface area contributed by atoms with E-state index in [1.807, 2.05) is 19.4 Å². The molecule has 0 spiro atoms. The highest BCUT2D eigenvalue weighted by Crippen LogP contribution is 2.46. The van der Waals surface area contributed by atoms with Crippen molar-refractivity contribution in [3.63, 3.8) is 0 Å². The van der Waals surface area contributed by atoms with Gasteiger partial charge in [0.15, 0.2) is 0 Å². The van der Waals surface area contributed by atoms with Gasteiger partial charge < -0.3 is 10.6 Å². The second-order valence-corrected chi connectivity index (χ2v) is 6.90. The Labute approximate surface area is 152 Å². The number of rotatable bonds is 4. The fourth-order valence-corrected chi connectivity index (χ4v) is 3.64. The Kier molecular flexibility index (Phi) is 4.84. The summed E-state index contributed by atoms with van der Waals surface area (Å²) in [6, 6.07) is 6.45. The van der Waals surface area contributed by atoms with Gasteiger partial charge in [0.05, 0.1) is 17.7 Å². The summed E-state index contributed by atoms with van der Waals surface area (Å²) in [5.41, 5.74) is 1.77. The van der Waals surface area contributed by atoms with Gasteiger partial charge in [-0.1, -0.05) is 12.1 Å². The van der Waals surface area contributed by atoms with Gasteiger partial charge in [-0.3, -0.25) is 9.48 Å². The average Bonchev–Trinajstić information content (AvgIpc) is 2.98. The molecule has 1 saturated heterocycles. The Morgan fingerprint density at radius 2 is 2.04 bits per heavy atom. The summed E-state index contributed by atoms with van der Waals surface area (Å²) in [6.07, 6.45) is 5.62. The highest BCUT2D eigenvalue weighted by Gasteiger charge is 2.47. The van der Waals surface area contributed by atoms with Gasteiger partial charge in [0.1, 0.15) is 5.82 Å². The molecule has 1 aliphatic heterocycles. The fraction of sp³-hybridized carbons (Fsp3) is 0.444. The summed E-state index contributed by atoms with van der Waals surface area (Å²) < 4.78 is 14.9. The highest BCUT2D eigenvalue weighted by atomic mass is 35.5. The van der Waals surface area contributed by atoms with Crippen molar-refractivity contribution in [1.82, 2.24) is 20.4 Å². The lowest BCUT2D eigenvalue weighted by Crippen LogP contribution is -2.41. The molecule has 1 amide bonds. The van der Waals surface area contributed by atoms with Crippen LogP contribution in [0, 0.1) is 11.7 Å². The van der Waals surface area contributed by atoms with Gasteiger partial charge in [-0.25, -0.2) is 4.39 Å². The number of nitrogens with zero attached hydrogens (tertiary/aromatic N) is 2. The lowest BCUT2D eigenvalue weighted by molar-refractivity contribution is -0.125. The smallest absolute Gasteiger partial charge is 0.225 e. The molecular formula is C18H22ClFN4O. The zero-order chi connectivity index (χ0) is 16.7. The zero-order valence-corrected chi connectivity index (χ0v) is 14.9. The Morgan fingerprint density at radius 1 is 1.32 bits per heavy atom. The minimum Gasteiger partial charge on any atom is -0.346 e. The maximum atomic E-state index is 13.1. The molecule has 4 rings (SSSR count). The third-order valence-corrected chi connectivity index (χ3v) is 5.21. The number of carbonyl (C=O) groups is 1. The van der Waals surface area contributed by atoms with Gasteiger partial charge in [-0.05, 0) is 36.1 Å². The van der Waals surface area contributed by atoms with Crippen molar-refractivity contribution in [3.05, 3.63) is 53.6 Å². The first-order valence-electron chi connectivity index (χ1n) is 8.35. The Bertz CT molecular complexity index is 757. The first kappa shape index (κ1) is 17.9. The maximum Gasteiger partial charge on any atom is 0.225 e. The molecule has 0 radical (unpaired) electrons. The van der Waals surface area contributed by atoms with E-state index >= 15 is 0 Å². The van der Waals surface area contributed by atoms with Crippen LogP contribution in [0.4, 0.5) is 4.39 Å². The highest BCUT2D eigenvalue weighted by molar-refractivity contribution is 5.85. The normalized spacial score (nSPS) is 23.8. The molecule has 2 fully saturated rings. The molecule has 2 aromatic rings. The van der Waals surface area contributed by atoms with Gasteiger partial charge in [-0.2, -0.15) is 5.10 Å². The van der Waals surface area contributed by atoms with Gasteiger partial charge >= 0.3 is 0 Å². The van der Waals surface area contributed by atoms with Crippen LogP contribution >= 0.6 is 12.4 Å². The molecule has 0 unspecified atom stereocenters. The lowest BCUT2D eigenvalue weighted by Gasteiger charge is -2.23. The number of nitrogens with one attached hydrogen (secondary N) is 2. The van der Waals surface area contributed by atoms with Crippen LogP contribution in [0.1, 0.15) is 29.9 Å². The van der Waals surface area contributed by atoms with Crippen molar-refractivity contribution in [2.24, 2.45) is 13.0 Å². The second kappa shape index (κ2) is 6.77. The van der Waals surface area contributed by atoms with E-state index in [1.54, 1.807) is 16.8 Å². The molecule has 1 aromatic carbocycles. The van der Waals surface area contributed by atoms with E-state index in [1.165, 1.54) is 12.1 Å². The van der Waals surface area contributed by atoms with Crippen LogP contribution in [0.3, 0.4) is 0 Å². The molecule has 2 N–H and O–H groups in total. The van der Waals surface area contributed by atoms with Crippen LogP contribution in [0.15, 0.2) is 36.7 Å². The van der Waals surface area contributed by atoms with Crippen LogP contribution in [-0.2, 0) is 17.4 Å². The van der Waals surface area contributed by atoms with E-state index < -0.39 is 0 Å². The molecule has 2 atom stereocenters. The Hall–Kier alpha value is -1.92. The number of benzene rings is 1. The van der Waals surface area contributed by atoms with Crippen LogP contribution in [0.25, 0.3) is 0 Å². The number of hydrogen-bond acceptors (Lipinski definition) is 3. The summed E-state index contributed by atoms with van der Waals surface area (Å²) in [4.78, 5) is 12.9. The van der Waals surface area contributed by atoms with E-state index in [-0.39, 0.29) is 41.5 Å². The predicted molar refractivity (Wildman–Crippen MR) is 95.0 cm³/mol. The summed E-state index contributed by atoms with van der Waals surface area (Å²) >= 11 is 0. The van der Waals surface area contributed by atoms with Crippen LogP contribution < -0.4 is 10.6 Å². The molecule has 5 nitrogen and oxygen atoms in total. The number of hydrogen-bond donors (Lipinski definition) is 2. The molecule has 1 saturated carbocycles. The van der Waals surface area contributed by atoms with Crippen LogP contribution in [0.5, 0.6) is 0 Å². The van der Waals surface area contributed by atoms with Crippen LogP contribution in [0.2, 0.25) is 0 Å². The quantitative estimate of drug-likeness (QED) is 0.873. The van der Waals surface area contributed by atoms with E-state index in [9.17, 15) is 9.18 Å². The van der Waals surface area contributed by atoms with Gasteiger partial charge in [0.25, 0.3) is 0 Å². The minimum absolute atomic E-state index is 0. The molecule has 134 valence electrons. The molecule has 1 aliphatic carbocycles. The summed E-state index contributed by atoms with van der Waals surface area (Å²) in [5.74, 6) is -0.150. The maximum absolute atomic E-state index is 13.1. The van der Waals surface area contributed by atoms with E-state index in [2.05, 4.69) is 15.7 Å². The Balaban J connectivity index is 0.00000182. The number of aryl methyl sites for hydroxylation is 1. The fourth-order valence-electron chi connectivity index (χ4n) is 3.64. The number of halogens is 2. The van der Waals surface area contributed by atoms with Gasteiger partial charge in [0, 0.05) is 32.3 Å². The molecule has 0 bridgehead atoms. The van der Waals surface area contributed by atoms with E-state index in [0.29, 0.717) is 6.54 Å². The van der Waals surface area contributed by atoms with Gasteiger partial charge in [0.2, 0.25) is 5.91 Å². The van der Waals surface area contributed by atoms with Crippen molar-refractivity contribution in [3.8, 4) is 0 Å². The predicted octanol–water partition coefficient (Wildman–Crippen LogP) is 2.09. The van der Waals surface area contributed by atoms with Crippen molar-refractivity contribution in [1.29, 1.82) is 0 Å². The third kappa shape index (κ3) is 3.41. The molecule has 25 heavy (non-hydrogen) atoms. The van der Waals surface area contributed by atoms with Crippen molar-refractivity contribution in [2.45, 2.75) is 24.3 Å². The number of aromatic nitrogens is 2. The monoisotopic (exact) mass is 364 g/mol. The SMILES string of the molecule is Cl.Cn1cc([C@H]2CNC[C@@H]2C(=O)NC2(c3ccc(F)cc3)CC2)cn1. The van der Waals surface area contributed by atoms with Gasteiger partial charge in [-0.15, -0.1) is 12.4 Å². The largest absolute Gasteiger partial charge is 0.346 e. The lowest BCUT2D eigenvalue weighted by atomic mass is 9.89. The summed E-state index contributed by atoms with van der Waals surface area (Å²) in [6.45, 7) is 1.46.